The van der Waals surface area contributed by atoms with Gasteiger partial charge in [-0.05, 0) is 6.42 Å². The second-order valence-corrected chi connectivity index (χ2v) is 3.62. The summed E-state index contributed by atoms with van der Waals surface area (Å²) >= 11 is 5.78. The quantitative estimate of drug-likeness (QED) is 0.707. The number of hydrogen-bond donors (Lipinski definition) is 0. The predicted octanol–water partition coefficient (Wildman–Crippen LogP) is 2.66. The van der Waals surface area contributed by atoms with E-state index in [1.54, 1.807) is 4.57 Å². The average Bonchev–Trinajstić information content (AvgIpc) is 2.52. The number of rotatable bonds is 6. The first-order valence-corrected chi connectivity index (χ1v) is 5.38. The number of aromatic nitrogens is 2. The van der Waals surface area contributed by atoms with Crippen molar-refractivity contribution in [2.45, 2.75) is 32.7 Å². The summed E-state index contributed by atoms with van der Waals surface area (Å²) in [6.45, 7) is 1.68. The van der Waals surface area contributed by atoms with E-state index in [0.717, 1.165) is 19.3 Å². The van der Waals surface area contributed by atoms with Gasteiger partial charge in [-0.15, -0.1) is 0 Å². The van der Waals surface area contributed by atoms with Crippen molar-refractivity contribution in [2.75, 3.05) is 6.67 Å². The van der Waals surface area contributed by atoms with Crippen LogP contribution in [0.5, 0.6) is 0 Å². The van der Waals surface area contributed by atoms with Gasteiger partial charge in [-0.25, -0.2) is 9.37 Å². The van der Waals surface area contributed by atoms with Gasteiger partial charge in [0.15, 0.2) is 11.4 Å². The smallest absolute Gasteiger partial charge is 0.169 e. The standard InChI is InChI=1S/C10H14ClFN2O/c1-2-3-4-9-13-10(11)8(7-15)14(9)6-5-12/h7H,2-6H2,1H3. The minimum absolute atomic E-state index is 0.146. The van der Waals surface area contributed by atoms with Crippen LogP contribution in [0, 0.1) is 0 Å². The van der Waals surface area contributed by atoms with Gasteiger partial charge >= 0.3 is 0 Å². The van der Waals surface area contributed by atoms with Crippen LogP contribution in [0.2, 0.25) is 5.15 Å². The Kier molecular flexibility index (Phi) is 4.75. The second kappa shape index (κ2) is 5.85. The van der Waals surface area contributed by atoms with Crippen molar-refractivity contribution in [2.24, 2.45) is 0 Å². The normalized spacial score (nSPS) is 10.6. The number of carbonyl (C=O) groups is 1. The summed E-state index contributed by atoms with van der Waals surface area (Å²) in [7, 11) is 0. The lowest BCUT2D eigenvalue weighted by atomic mass is 10.2. The molecule has 1 aromatic rings. The third kappa shape index (κ3) is 2.78. The molecule has 0 atom stereocenters. The number of halogens is 2. The Morgan fingerprint density at radius 2 is 2.33 bits per heavy atom. The van der Waals surface area contributed by atoms with E-state index in [2.05, 4.69) is 11.9 Å². The molecule has 1 heterocycles. The molecule has 3 nitrogen and oxygen atoms in total. The summed E-state index contributed by atoms with van der Waals surface area (Å²) in [6.07, 6.45) is 3.33. The fraction of sp³-hybridized carbons (Fsp3) is 0.600. The molecule has 0 aromatic carbocycles. The molecule has 0 fully saturated rings. The molecule has 0 aliphatic heterocycles. The molecule has 0 aliphatic rings. The van der Waals surface area contributed by atoms with E-state index in [1.807, 2.05) is 0 Å². The Morgan fingerprint density at radius 3 is 2.87 bits per heavy atom. The Hall–Kier alpha value is -0.900. The van der Waals surface area contributed by atoms with Crippen molar-refractivity contribution in [3.05, 3.63) is 16.7 Å². The molecule has 0 radical (unpaired) electrons. The van der Waals surface area contributed by atoms with Gasteiger partial charge < -0.3 is 4.57 Å². The molecule has 0 saturated carbocycles. The zero-order chi connectivity index (χ0) is 11.3. The van der Waals surface area contributed by atoms with Crippen LogP contribution in [-0.4, -0.2) is 22.5 Å². The predicted molar refractivity (Wildman–Crippen MR) is 57.2 cm³/mol. The minimum Gasteiger partial charge on any atom is -0.322 e. The Bertz CT molecular complexity index is 338. The van der Waals surface area contributed by atoms with Gasteiger partial charge in [-0.3, -0.25) is 4.79 Å². The molecular formula is C10H14ClFN2O. The molecular weight excluding hydrogens is 219 g/mol. The van der Waals surface area contributed by atoms with E-state index < -0.39 is 6.67 Å². The van der Waals surface area contributed by atoms with Crippen LogP contribution < -0.4 is 0 Å². The summed E-state index contributed by atoms with van der Waals surface area (Å²) < 4.78 is 13.9. The van der Waals surface area contributed by atoms with E-state index in [9.17, 15) is 9.18 Å². The number of unbranched alkanes of at least 4 members (excludes halogenated alkanes) is 1. The number of nitrogens with zero attached hydrogens (tertiary/aromatic N) is 2. The molecule has 15 heavy (non-hydrogen) atoms. The summed E-state index contributed by atoms with van der Waals surface area (Å²) in [5.41, 5.74) is 0.278. The van der Waals surface area contributed by atoms with Crippen LogP contribution in [0.3, 0.4) is 0 Å². The zero-order valence-electron chi connectivity index (χ0n) is 8.67. The molecule has 5 heteroatoms. The first-order chi connectivity index (χ1) is 7.24. The lowest BCUT2D eigenvalue weighted by Gasteiger charge is -2.05. The van der Waals surface area contributed by atoms with E-state index in [4.69, 9.17) is 11.6 Å². The highest BCUT2D eigenvalue weighted by molar-refractivity contribution is 6.31. The average molecular weight is 233 g/mol. The maximum Gasteiger partial charge on any atom is 0.169 e. The SMILES string of the molecule is CCCCc1nc(Cl)c(C=O)n1CCF. The van der Waals surface area contributed by atoms with Crippen LogP contribution in [0.1, 0.15) is 36.1 Å². The van der Waals surface area contributed by atoms with E-state index >= 15 is 0 Å². The Balaban J connectivity index is 2.97. The molecule has 0 amide bonds. The fourth-order valence-electron chi connectivity index (χ4n) is 1.45. The van der Waals surface area contributed by atoms with Crippen LogP contribution >= 0.6 is 11.6 Å². The molecule has 84 valence electrons. The number of carbonyl (C=O) groups excluding carboxylic acids is 1. The number of hydrogen-bond acceptors (Lipinski definition) is 2. The first-order valence-electron chi connectivity index (χ1n) is 5.00. The van der Waals surface area contributed by atoms with Crippen molar-refractivity contribution >= 4 is 17.9 Å². The Morgan fingerprint density at radius 1 is 1.60 bits per heavy atom. The molecule has 0 unspecified atom stereocenters. The monoisotopic (exact) mass is 232 g/mol. The van der Waals surface area contributed by atoms with E-state index in [0.29, 0.717) is 12.1 Å². The molecule has 0 bridgehead atoms. The van der Waals surface area contributed by atoms with Crippen molar-refractivity contribution in [1.29, 1.82) is 0 Å². The Labute approximate surface area is 93.3 Å². The summed E-state index contributed by atoms with van der Waals surface area (Å²) in [5, 5.41) is 0.171. The third-order valence-electron chi connectivity index (χ3n) is 2.21. The molecule has 0 saturated heterocycles. The van der Waals surface area contributed by atoms with Gasteiger partial charge in [0.25, 0.3) is 0 Å². The molecule has 0 aliphatic carbocycles. The van der Waals surface area contributed by atoms with Gasteiger partial charge in [0, 0.05) is 6.42 Å². The van der Waals surface area contributed by atoms with Crippen LogP contribution in [0.4, 0.5) is 4.39 Å². The second-order valence-electron chi connectivity index (χ2n) is 3.27. The molecule has 1 rings (SSSR count). The summed E-state index contributed by atoms with van der Waals surface area (Å²) in [5.74, 6) is 0.696. The summed E-state index contributed by atoms with van der Waals surface area (Å²) in [4.78, 5) is 14.8. The first kappa shape index (κ1) is 12.2. The topological polar surface area (TPSA) is 34.9 Å². The third-order valence-corrected chi connectivity index (χ3v) is 2.49. The van der Waals surface area contributed by atoms with Gasteiger partial charge in [0.05, 0.1) is 6.54 Å². The van der Waals surface area contributed by atoms with Gasteiger partial charge in [-0.2, -0.15) is 0 Å². The van der Waals surface area contributed by atoms with Gasteiger partial charge in [0.2, 0.25) is 0 Å². The molecule has 1 aromatic heterocycles. The minimum atomic E-state index is -0.521. The lowest BCUT2D eigenvalue weighted by Crippen LogP contribution is -2.08. The number of aryl methyl sites for hydroxylation is 1. The number of imidazole rings is 1. The van der Waals surface area contributed by atoms with Crippen LogP contribution in [-0.2, 0) is 13.0 Å². The molecule has 0 spiro atoms. The maximum atomic E-state index is 12.3. The van der Waals surface area contributed by atoms with Crippen molar-refractivity contribution in [3.63, 3.8) is 0 Å². The fourth-order valence-corrected chi connectivity index (χ4v) is 1.70. The van der Waals surface area contributed by atoms with Gasteiger partial charge in [-0.1, -0.05) is 24.9 Å². The van der Waals surface area contributed by atoms with E-state index in [1.165, 1.54) is 0 Å². The highest BCUT2D eigenvalue weighted by Gasteiger charge is 2.14. The largest absolute Gasteiger partial charge is 0.322 e. The zero-order valence-corrected chi connectivity index (χ0v) is 9.43. The number of aldehydes is 1. The number of alkyl halides is 1. The summed E-state index contributed by atoms with van der Waals surface area (Å²) in [6, 6.07) is 0. The van der Waals surface area contributed by atoms with Crippen LogP contribution in [0.15, 0.2) is 0 Å². The van der Waals surface area contributed by atoms with Crippen LogP contribution in [0.25, 0.3) is 0 Å². The highest BCUT2D eigenvalue weighted by Crippen LogP contribution is 2.17. The maximum absolute atomic E-state index is 12.3. The lowest BCUT2D eigenvalue weighted by molar-refractivity contribution is 0.111. The highest BCUT2D eigenvalue weighted by atomic mass is 35.5. The van der Waals surface area contributed by atoms with Gasteiger partial charge in [0.1, 0.15) is 18.2 Å². The molecule has 0 N–H and O–H groups in total. The van der Waals surface area contributed by atoms with Crippen molar-refractivity contribution in [1.82, 2.24) is 9.55 Å². The van der Waals surface area contributed by atoms with Crippen molar-refractivity contribution in [3.8, 4) is 0 Å². The van der Waals surface area contributed by atoms with E-state index in [-0.39, 0.29) is 17.4 Å². The van der Waals surface area contributed by atoms with Crippen molar-refractivity contribution < 1.29 is 9.18 Å².